The summed E-state index contributed by atoms with van der Waals surface area (Å²) in [4.78, 5) is 13.9. The summed E-state index contributed by atoms with van der Waals surface area (Å²) in [5.74, 6) is -0.166. The Morgan fingerprint density at radius 3 is 3.05 bits per heavy atom. The van der Waals surface area contributed by atoms with Crippen LogP contribution >= 0.6 is 0 Å². The number of amides is 1. The third kappa shape index (κ3) is 3.45. The van der Waals surface area contributed by atoms with E-state index in [-0.39, 0.29) is 17.8 Å². The second kappa shape index (κ2) is 6.04. The van der Waals surface area contributed by atoms with Crippen LogP contribution in [0.25, 0.3) is 0 Å². The number of carbonyl (C=O) groups is 1. The van der Waals surface area contributed by atoms with E-state index in [0.717, 1.165) is 18.7 Å². The number of nitrogens with zero attached hydrogens (tertiary/aromatic N) is 1. The minimum absolute atomic E-state index is 0.00894. The quantitative estimate of drug-likeness (QED) is 0.846. The predicted octanol–water partition coefficient (Wildman–Crippen LogP) is 0.761. The molecule has 1 aliphatic heterocycles. The summed E-state index contributed by atoms with van der Waals surface area (Å²) < 4.78 is 5.57. The van der Waals surface area contributed by atoms with E-state index >= 15 is 0 Å². The van der Waals surface area contributed by atoms with Crippen molar-refractivity contribution in [3.8, 4) is 5.75 Å². The van der Waals surface area contributed by atoms with Crippen molar-refractivity contribution < 1.29 is 14.6 Å². The van der Waals surface area contributed by atoms with Gasteiger partial charge in [-0.25, -0.2) is 0 Å². The monoisotopic (exact) mass is 264 g/mol. The molecule has 1 amide bonds. The molecule has 1 aliphatic rings. The topological polar surface area (TPSA) is 61.8 Å². The molecule has 1 heterocycles. The third-order valence-corrected chi connectivity index (χ3v) is 3.21. The van der Waals surface area contributed by atoms with Crippen LogP contribution in [0.3, 0.4) is 0 Å². The van der Waals surface area contributed by atoms with Gasteiger partial charge in [0.15, 0.2) is 0 Å². The van der Waals surface area contributed by atoms with Gasteiger partial charge < -0.3 is 20.1 Å². The molecule has 1 fully saturated rings. The lowest BCUT2D eigenvalue weighted by Crippen LogP contribution is -2.45. The number of hydrogen-bond acceptors (Lipinski definition) is 4. The van der Waals surface area contributed by atoms with Crippen LogP contribution in [0.2, 0.25) is 0 Å². The average Bonchev–Trinajstić information content (AvgIpc) is 2.42. The third-order valence-electron chi connectivity index (χ3n) is 3.21. The maximum atomic E-state index is 12.3. The molecule has 1 aromatic carbocycles. The fourth-order valence-electron chi connectivity index (χ4n) is 2.15. The van der Waals surface area contributed by atoms with Gasteiger partial charge in [0.05, 0.1) is 18.3 Å². The second-order valence-electron chi connectivity index (χ2n) is 4.90. The van der Waals surface area contributed by atoms with Crippen LogP contribution < -0.4 is 5.32 Å². The Kier molecular flexibility index (Phi) is 4.39. The van der Waals surface area contributed by atoms with E-state index in [9.17, 15) is 9.90 Å². The predicted molar refractivity (Wildman–Crippen MR) is 72.4 cm³/mol. The van der Waals surface area contributed by atoms with Crippen LogP contribution in [0.15, 0.2) is 18.2 Å². The first-order valence-corrected chi connectivity index (χ1v) is 6.45. The Labute approximate surface area is 113 Å². The number of nitrogens with one attached hydrogen (secondary N) is 1. The van der Waals surface area contributed by atoms with E-state index in [1.807, 2.05) is 6.92 Å². The minimum Gasteiger partial charge on any atom is -0.507 e. The lowest BCUT2D eigenvalue weighted by molar-refractivity contribution is 0.0103. The maximum Gasteiger partial charge on any atom is 0.257 e. The van der Waals surface area contributed by atoms with Crippen LogP contribution in [0.5, 0.6) is 5.75 Å². The molecule has 2 N–H and O–H groups in total. The second-order valence-corrected chi connectivity index (χ2v) is 4.90. The summed E-state index contributed by atoms with van der Waals surface area (Å²) >= 11 is 0. The van der Waals surface area contributed by atoms with Gasteiger partial charge in [-0.1, -0.05) is 11.6 Å². The number of phenols is 1. The molecule has 1 aromatic rings. The van der Waals surface area contributed by atoms with E-state index in [0.29, 0.717) is 18.7 Å². The minimum atomic E-state index is -0.185. The normalized spacial score (nSPS) is 19.2. The van der Waals surface area contributed by atoms with Crippen molar-refractivity contribution in [2.45, 2.75) is 13.0 Å². The average molecular weight is 264 g/mol. The molecule has 2 rings (SSSR count). The fraction of sp³-hybridized carbons (Fsp3) is 0.500. The number of aryl methyl sites for hydroxylation is 1. The molecule has 1 saturated heterocycles. The lowest BCUT2D eigenvalue weighted by Gasteiger charge is -2.28. The zero-order chi connectivity index (χ0) is 13.8. The summed E-state index contributed by atoms with van der Waals surface area (Å²) in [7, 11) is 1.72. The molecule has 5 heteroatoms. The van der Waals surface area contributed by atoms with Crippen LogP contribution in [0.4, 0.5) is 0 Å². The molecule has 5 nitrogen and oxygen atoms in total. The molecule has 0 bridgehead atoms. The number of aromatic hydroxyl groups is 1. The molecule has 19 heavy (non-hydrogen) atoms. The highest BCUT2D eigenvalue weighted by atomic mass is 16.5. The van der Waals surface area contributed by atoms with Crippen molar-refractivity contribution in [3.05, 3.63) is 29.3 Å². The highest BCUT2D eigenvalue weighted by Gasteiger charge is 2.21. The van der Waals surface area contributed by atoms with Crippen molar-refractivity contribution >= 4 is 5.91 Å². The molecule has 0 saturated carbocycles. The molecule has 0 aliphatic carbocycles. The highest BCUT2D eigenvalue weighted by Crippen LogP contribution is 2.19. The van der Waals surface area contributed by atoms with Crippen molar-refractivity contribution in [2.75, 3.05) is 33.3 Å². The number of morpholine rings is 1. The molecule has 0 aromatic heterocycles. The van der Waals surface area contributed by atoms with Gasteiger partial charge in [-0.15, -0.1) is 0 Å². The van der Waals surface area contributed by atoms with Gasteiger partial charge >= 0.3 is 0 Å². The van der Waals surface area contributed by atoms with Crippen LogP contribution in [0, 0.1) is 6.92 Å². The van der Waals surface area contributed by atoms with Gasteiger partial charge in [0.25, 0.3) is 5.91 Å². The summed E-state index contributed by atoms with van der Waals surface area (Å²) in [6.45, 7) is 4.68. The smallest absolute Gasteiger partial charge is 0.257 e. The van der Waals surface area contributed by atoms with Crippen molar-refractivity contribution in [3.63, 3.8) is 0 Å². The zero-order valence-electron chi connectivity index (χ0n) is 11.3. The molecule has 1 unspecified atom stereocenters. The van der Waals surface area contributed by atoms with Gasteiger partial charge in [-0.3, -0.25) is 4.79 Å². The fourth-order valence-corrected chi connectivity index (χ4v) is 2.15. The highest BCUT2D eigenvalue weighted by molar-refractivity contribution is 5.96. The number of likely N-dealkylation sites (N-methyl/N-ethyl adjacent to an activating group) is 1. The van der Waals surface area contributed by atoms with Crippen molar-refractivity contribution in [1.82, 2.24) is 10.2 Å². The molecular formula is C14H20N2O3. The zero-order valence-corrected chi connectivity index (χ0v) is 11.3. The van der Waals surface area contributed by atoms with Gasteiger partial charge in [-0.2, -0.15) is 0 Å². The molecular weight excluding hydrogens is 244 g/mol. The Bertz CT molecular complexity index is 456. The van der Waals surface area contributed by atoms with Crippen molar-refractivity contribution in [2.24, 2.45) is 0 Å². The van der Waals surface area contributed by atoms with Gasteiger partial charge in [0, 0.05) is 26.7 Å². The SMILES string of the molecule is Cc1ccc(O)c(C(=O)N(C)CC2CNCCO2)c1. The lowest BCUT2D eigenvalue weighted by atomic mass is 10.1. The maximum absolute atomic E-state index is 12.3. The van der Waals surface area contributed by atoms with E-state index in [2.05, 4.69) is 5.32 Å². The van der Waals surface area contributed by atoms with Crippen LogP contribution in [-0.2, 0) is 4.74 Å². The Balaban J connectivity index is 2.03. The summed E-state index contributed by atoms with van der Waals surface area (Å²) in [6.07, 6.45) is 0.00894. The number of carbonyl (C=O) groups excluding carboxylic acids is 1. The number of phenolic OH excluding ortho intramolecular Hbond substituents is 1. The first-order valence-electron chi connectivity index (χ1n) is 6.45. The van der Waals surface area contributed by atoms with Crippen LogP contribution in [-0.4, -0.2) is 55.3 Å². The van der Waals surface area contributed by atoms with Crippen molar-refractivity contribution in [1.29, 1.82) is 0 Å². The summed E-state index contributed by atoms with van der Waals surface area (Å²) in [5.41, 5.74) is 1.29. The Morgan fingerprint density at radius 1 is 1.58 bits per heavy atom. The molecule has 1 atom stereocenters. The summed E-state index contributed by atoms with van der Waals surface area (Å²) in [6, 6.07) is 5.03. The Morgan fingerprint density at radius 2 is 2.37 bits per heavy atom. The summed E-state index contributed by atoms with van der Waals surface area (Å²) in [5, 5.41) is 13.0. The van der Waals surface area contributed by atoms with Crippen LogP contribution in [0.1, 0.15) is 15.9 Å². The number of rotatable bonds is 3. The van der Waals surface area contributed by atoms with E-state index in [4.69, 9.17) is 4.74 Å². The van der Waals surface area contributed by atoms with E-state index in [1.165, 1.54) is 0 Å². The van der Waals surface area contributed by atoms with Gasteiger partial charge in [-0.05, 0) is 19.1 Å². The molecule has 0 spiro atoms. The largest absolute Gasteiger partial charge is 0.507 e. The first-order chi connectivity index (χ1) is 9.08. The van der Waals surface area contributed by atoms with E-state index < -0.39 is 0 Å². The molecule has 0 radical (unpaired) electrons. The number of ether oxygens (including phenoxy) is 1. The molecule has 104 valence electrons. The standard InChI is InChI=1S/C14H20N2O3/c1-10-3-4-13(17)12(7-10)14(18)16(2)9-11-8-15-5-6-19-11/h3-4,7,11,15,17H,5-6,8-9H2,1-2H3. The first kappa shape index (κ1) is 13.8. The van der Waals surface area contributed by atoms with E-state index in [1.54, 1.807) is 30.1 Å². The van der Waals surface area contributed by atoms with Gasteiger partial charge in [0.1, 0.15) is 5.75 Å². The van der Waals surface area contributed by atoms with Gasteiger partial charge in [0.2, 0.25) is 0 Å². The number of hydrogen-bond donors (Lipinski definition) is 2. The Hall–Kier alpha value is -1.59. The number of benzene rings is 1.